The first-order chi connectivity index (χ1) is 9.76. The maximum atomic E-state index is 6.05. The van der Waals surface area contributed by atoms with Gasteiger partial charge in [-0.1, -0.05) is 6.92 Å². The summed E-state index contributed by atoms with van der Waals surface area (Å²) in [4.78, 5) is 2.46. The van der Waals surface area contributed by atoms with Gasteiger partial charge in [0, 0.05) is 26.6 Å². The van der Waals surface area contributed by atoms with Crippen molar-refractivity contribution in [3.63, 3.8) is 0 Å². The predicted octanol–water partition coefficient (Wildman–Crippen LogP) is 1.77. The lowest BCUT2D eigenvalue weighted by molar-refractivity contribution is -0.00803. The summed E-state index contributed by atoms with van der Waals surface area (Å²) in [5.74, 6) is 3.00. The lowest BCUT2D eigenvalue weighted by Gasteiger charge is -2.32. The Labute approximate surface area is 121 Å². The number of aromatic nitrogens is 3. The molecule has 0 aromatic carbocycles. The number of aryl methyl sites for hydroxylation is 1. The largest absolute Gasteiger partial charge is 0.377 e. The van der Waals surface area contributed by atoms with Gasteiger partial charge in [-0.25, -0.2) is 0 Å². The van der Waals surface area contributed by atoms with Crippen LogP contribution in [0.5, 0.6) is 0 Å². The molecule has 2 heterocycles. The number of nitrogens with zero attached hydrogens (tertiary/aromatic N) is 4. The monoisotopic (exact) mass is 278 g/mol. The Hall–Kier alpha value is -0.940. The number of ether oxygens (including phenoxy) is 1. The van der Waals surface area contributed by atoms with Gasteiger partial charge in [-0.2, -0.15) is 0 Å². The molecule has 0 radical (unpaired) electrons. The van der Waals surface area contributed by atoms with E-state index in [-0.39, 0.29) is 0 Å². The maximum Gasteiger partial charge on any atom is 0.146 e. The summed E-state index contributed by atoms with van der Waals surface area (Å²) in [6.07, 6.45) is 6.54. The van der Waals surface area contributed by atoms with E-state index in [0.29, 0.717) is 6.10 Å². The highest BCUT2D eigenvalue weighted by Crippen LogP contribution is 2.30. The van der Waals surface area contributed by atoms with Crippen LogP contribution in [0.4, 0.5) is 0 Å². The average molecular weight is 278 g/mol. The second kappa shape index (κ2) is 6.22. The predicted molar refractivity (Wildman–Crippen MR) is 77.4 cm³/mol. The van der Waals surface area contributed by atoms with E-state index in [1.807, 2.05) is 0 Å². The quantitative estimate of drug-likeness (QED) is 0.795. The molecule has 1 aliphatic carbocycles. The molecule has 1 saturated carbocycles. The fraction of sp³-hybridized carbons (Fsp3) is 0.867. The van der Waals surface area contributed by atoms with Crippen molar-refractivity contribution in [2.24, 2.45) is 13.0 Å². The first-order valence-electron chi connectivity index (χ1n) is 7.97. The van der Waals surface area contributed by atoms with Crippen molar-refractivity contribution in [2.45, 2.75) is 51.7 Å². The van der Waals surface area contributed by atoms with Gasteiger partial charge in [0.1, 0.15) is 11.6 Å². The Morgan fingerprint density at radius 3 is 2.70 bits per heavy atom. The third kappa shape index (κ3) is 3.38. The van der Waals surface area contributed by atoms with E-state index in [4.69, 9.17) is 4.74 Å². The zero-order chi connectivity index (χ0) is 13.9. The van der Waals surface area contributed by atoms with Gasteiger partial charge in [0.25, 0.3) is 0 Å². The molecule has 2 fully saturated rings. The average Bonchev–Trinajstić information content (AvgIpc) is 3.23. The van der Waals surface area contributed by atoms with Gasteiger partial charge >= 0.3 is 0 Å². The minimum atomic E-state index is 0.420. The van der Waals surface area contributed by atoms with E-state index in [2.05, 4.69) is 33.6 Å². The van der Waals surface area contributed by atoms with Gasteiger partial charge in [-0.3, -0.25) is 4.90 Å². The molecule has 3 rings (SSSR count). The van der Waals surface area contributed by atoms with Crippen molar-refractivity contribution >= 4 is 0 Å². The first kappa shape index (κ1) is 14.0. The van der Waals surface area contributed by atoms with E-state index in [9.17, 15) is 0 Å². The normalized spacial score (nSPS) is 24.2. The van der Waals surface area contributed by atoms with Crippen LogP contribution >= 0.6 is 0 Å². The molecule has 1 atom stereocenters. The maximum absolute atomic E-state index is 6.05. The van der Waals surface area contributed by atoms with Crippen LogP contribution in [0.25, 0.3) is 0 Å². The van der Waals surface area contributed by atoms with Crippen molar-refractivity contribution in [3.05, 3.63) is 11.6 Å². The molecule has 0 bridgehead atoms. The van der Waals surface area contributed by atoms with Crippen molar-refractivity contribution in [1.29, 1.82) is 0 Å². The summed E-state index contributed by atoms with van der Waals surface area (Å²) in [6, 6.07) is 0. The van der Waals surface area contributed by atoms with Crippen LogP contribution in [-0.2, 0) is 24.8 Å². The zero-order valence-corrected chi connectivity index (χ0v) is 12.7. The van der Waals surface area contributed by atoms with E-state index < -0.39 is 0 Å². The van der Waals surface area contributed by atoms with Crippen LogP contribution in [0.3, 0.4) is 0 Å². The molecule has 0 spiro atoms. The molecular weight excluding hydrogens is 252 g/mol. The lowest BCUT2D eigenvalue weighted by Crippen LogP contribution is -2.40. The van der Waals surface area contributed by atoms with Crippen LogP contribution < -0.4 is 0 Å². The van der Waals surface area contributed by atoms with Crippen LogP contribution in [-0.4, -0.2) is 45.5 Å². The minimum Gasteiger partial charge on any atom is -0.377 e. The lowest BCUT2D eigenvalue weighted by atomic mass is 10.1. The Morgan fingerprint density at radius 2 is 2.00 bits per heavy atom. The second-order valence-corrected chi connectivity index (χ2v) is 6.22. The standard InChI is InChI=1S/C15H26N4O/c1-3-14-16-17-15(18(14)2)10-19-8-4-5-13(9-19)20-11-12-6-7-12/h12-13H,3-11H2,1-2H3. The van der Waals surface area contributed by atoms with Crippen molar-refractivity contribution < 1.29 is 4.74 Å². The highest BCUT2D eigenvalue weighted by Gasteiger charge is 2.26. The highest BCUT2D eigenvalue weighted by molar-refractivity contribution is 4.95. The molecule has 2 aliphatic rings. The van der Waals surface area contributed by atoms with Gasteiger partial charge < -0.3 is 9.30 Å². The minimum absolute atomic E-state index is 0.420. The van der Waals surface area contributed by atoms with E-state index >= 15 is 0 Å². The van der Waals surface area contributed by atoms with Crippen LogP contribution in [0, 0.1) is 5.92 Å². The van der Waals surface area contributed by atoms with Gasteiger partial charge in [0.05, 0.1) is 12.6 Å². The number of rotatable bonds is 6. The fourth-order valence-corrected chi connectivity index (χ4v) is 2.89. The summed E-state index contributed by atoms with van der Waals surface area (Å²) in [5.41, 5.74) is 0. The summed E-state index contributed by atoms with van der Waals surface area (Å²) < 4.78 is 8.18. The second-order valence-electron chi connectivity index (χ2n) is 6.22. The molecule has 1 saturated heterocycles. The molecule has 20 heavy (non-hydrogen) atoms. The number of hydrogen-bond acceptors (Lipinski definition) is 4. The Balaban J connectivity index is 1.51. The van der Waals surface area contributed by atoms with Gasteiger partial charge in [0.15, 0.2) is 0 Å². The van der Waals surface area contributed by atoms with Gasteiger partial charge in [-0.15, -0.1) is 10.2 Å². The van der Waals surface area contributed by atoms with Crippen molar-refractivity contribution in [2.75, 3.05) is 19.7 Å². The fourth-order valence-electron chi connectivity index (χ4n) is 2.89. The summed E-state index contributed by atoms with van der Waals surface area (Å²) in [5, 5.41) is 8.56. The summed E-state index contributed by atoms with van der Waals surface area (Å²) in [7, 11) is 2.07. The van der Waals surface area contributed by atoms with Crippen LogP contribution in [0.1, 0.15) is 44.3 Å². The summed E-state index contributed by atoms with van der Waals surface area (Å²) >= 11 is 0. The molecule has 1 aromatic rings. The smallest absolute Gasteiger partial charge is 0.146 e. The van der Waals surface area contributed by atoms with E-state index in [1.54, 1.807) is 0 Å². The molecule has 1 aromatic heterocycles. The number of likely N-dealkylation sites (tertiary alicyclic amines) is 1. The SMILES string of the molecule is CCc1nnc(CN2CCCC(OCC3CC3)C2)n1C. The Morgan fingerprint density at radius 1 is 1.20 bits per heavy atom. The van der Waals surface area contributed by atoms with Gasteiger partial charge in [0.2, 0.25) is 0 Å². The van der Waals surface area contributed by atoms with Gasteiger partial charge in [-0.05, 0) is 38.1 Å². The first-order valence-corrected chi connectivity index (χ1v) is 7.97. The van der Waals surface area contributed by atoms with E-state index in [1.165, 1.54) is 25.7 Å². The third-order valence-electron chi connectivity index (χ3n) is 4.46. The molecular formula is C15H26N4O. The Kier molecular flexibility index (Phi) is 4.36. The number of hydrogen-bond donors (Lipinski definition) is 0. The number of piperidine rings is 1. The Bertz CT molecular complexity index is 441. The molecule has 5 nitrogen and oxygen atoms in total. The molecule has 0 amide bonds. The molecule has 1 aliphatic heterocycles. The topological polar surface area (TPSA) is 43.2 Å². The summed E-state index contributed by atoms with van der Waals surface area (Å²) in [6.45, 7) is 6.18. The zero-order valence-electron chi connectivity index (χ0n) is 12.7. The molecule has 5 heteroatoms. The molecule has 0 N–H and O–H groups in total. The molecule has 1 unspecified atom stereocenters. The van der Waals surface area contributed by atoms with Crippen molar-refractivity contribution in [1.82, 2.24) is 19.7 Å². The van der Waals surface area contributed by atoms with Crippen molar-refractivity contribution in [3.8, 4) is 0 Å². The highest BCUT2D eigenvalue weighted by atomic mass is 16.5. The molecule has 112 valence electrons. The van der Waals surface area contributed by atoms with Crippen LogP contribution in [0.2, 0.25) is 0 Å². The third-order valence-corrected chi connectivity index (χ3v) is 4.46. The van der Waals surface area contributed by atoms with Crippen LogP contribution in [0.15, 0.2) is 0 Å². The van der Waals surface area contributed by atoms with E-state index in [0.717, 1.165) is 50.2 Å².